The highest BCUT2D eigenvalue weighted by Crippen LogP contribution is 2.21. The van der Waals surface area contributed by atoms with Crippen LogP contribution in [0.2, 0.25) is 0 Å². The topological polar surface area (TPSA) is 39.6 Å². The van der Waals surface area contributed by atoms with Gasteiger partial charge in [0.15, 0.2) is 0 Å². The van der Waals surface area contributed by atoms with Crippen LogP contribution in [0.4, 0.5) is 5.82 Å². The van der Waals surface area contributed by atoms with E-state index in [4.69, 9.17) is 0 Å². The standard InChI is InChI=1S/C13H21N3O/c1-13(2,17)11-5-4-6-12(14-11)16-9-7-15(3)8-10-16/h4-6,17H,7-10H2,1-3H3. The Morgan fingerprint density at radius 2 is 1.82 bits per heavy atom. The van der Waals surface area contributed by atoms with Crippen molar-refractivity contribution in [2.75, 3.05) is 38.1 Å². The van der Waals surface area contributed by atoms with Crippen molar-refractivity contribution < 1.29 is 5.11 Å². The van der Waals surface area contributed by atoms with Crippen molar-refractivity contribution in [1.82, 2.24) is 9.88 Å². The molecule has 1 aromatic heterocycles. The maximum atomic E-state index is 9.96. The first-order valence-electron chi connectivity index (χ1n) is 6.10. The first kappa shape index (κ1) is 12.3. The number of hydrogen-bond donors (Lipinski definition) is 1. The number of aromatic nitrogens is 1. The molecule has 0 atom stereocenters. The van der Waals surface area contributed by atoms with Gasteiger partial charge in [0.1, 0.15) is 11.4 Å². The number of rotatable bonds is 2. The quantitative estimate of drug-likeness (QED) is 0.832. The molecule has 0 spiro atoms. The molecule has 17 heavy (non-hydrogen) atoms. The van der Waals surface area contributed by atoms with Crippen LogP contribution in [0.25, 0.3) is 0 Å². The number of pyridine rings is 1. The van der Waals surface area contributed by atoms with Gasteiger partial charge in [-0.3, -0.25) is 0 Å². The van der Waals surface area contributed by atoms with Crippen LogP contribution in [-0.4, -0.2) is 48.2 Å². The normalized spacial score (nSPS) is 18.5. The van der Waals surface area contributed by atoms with E-state index in [-0.39, 0.29) is 0 Å². The van der Waals surface area contributed by atoms with E-state index in [1.54, 1.807) is 13.8 Å². The van der Waals surface area contributed by atoms with Crippen LogP contribution in [0, 0.1) is 0 Å². The van der Waals surface area contributed by atoms with Crippen molar-refractivity contribution in [2.24, 2.45) is 0 Å². The fourth-order valence-electron chi connectivity index (χ4n) is 1.98. The van der Waals surface area contributed by atoms with Crippen LogP contribution in [0.1, 0.15) is 19.5 Å². The Bertz CT molecular complexity index is 378. The third kappa shape index (κ3) is 2.96. The molecule has 0 aliphatic carbocycles. The van der Waals surface area contributed by atoms with E-state index in [9.17, 15) is 5.11 Å². The van der Waals surface area contributed by atoms with E-state index in [0.29, 0.717) is 0 Å². The molecule has 2 heterocycles. The highest BCUT2D eigenvalue weighted by Gasteiger charge is 2.20. The Balaban J connectivity index is 2.16. The highest BCUT2D eigenvalue weighted by molar-refractivity contribution is 5.40. The zero-order valence-electron chi connectivity index (χ0n) is 10.8. The number of likely N-dealkylation sites (N-methyl/N-ethyl adjacent to an activating group) is 1. The molecule has 94 valence electrons. The Kier molecular flexibility index (Phi) is 3.35. The Morgan fingerprint density at radius 1 is 1.18 bits per heavy atom. The largest absolute Gasteiger partial charge is 0.384 e. The van der Waals surface area contributed by atoms with Gasteiger partial charge >= 0.3 is 0 Å². The van der Waals surface area contributed by atoms with Gasteiger partial charge in [0.05, 0.1) is 5.69 Å². The van der Waals surface area contributed by atoms with Crippen molar-refractivity contribution in [2.45, 2.75) is 19.4 Å². The molecular formula is C13H21N3O. The number of anilines is 1. The fraction of sp³-hybridized carbons (Fsp3) is 0.615. The lowest BCUT2D eigenvalue weighted by molar-refractivity contribution is 0.0739. The molecule has 0 aromatic carbocycles. The van der Waals surface area contributed by atoms with Gasteiger partial charge in [-0.2, -0.15) is 0 Å². The summed E-state index contributed by atoms with van der Waals surface area (Å²) in [6.45, 7) is 7.66. The third-order valence-corrected chi connectivity index (χ3v) is 3.19. The molecule has 1 fully saturated rings. The third-order valence-electron chi connectivity index (χ3n) is 3.19. The minimum atomic E-state index is -0.872. The van der Waals surface area contributed by atoms with Gasteiger partial charge in [-0.15, -0.1) is 0 Å². The number of aliphatic hydroxyl groups is 1. The van der Waals surface area contributed by atoms with Gasteiger partial charge < -0.3 is 14.9 Å². The average molecular weight is 235 g/mol. The van der Waals surface area contributed by atoms with Crippen LogP contribution < -0.4 is 4.90 Å². The summed E-state index contributed by atoms with van der Waals surface area (Å²) in [7, 11) is 2.14. The summed E-state index contributed by atoms with van der Waals surface area (Å²) in [5, 5.41) is 9.96. The summed E-state index contributed by atoms with van der Waals surface area (Å²) in [6.07, 6.45) is 0. The molecule has 0 amide bonds. The first-order valence-corrected chi connectivity index (χ1v) is 6.10. The number of hydrogen-bond acceptors (Lipinski definition) is 4. The summed E-state index contributed by atoms with van der Waals surface area (Å²) in [5.41, 5.74) is -0.142. The van der Waals surface area contributed by atoms with Crippen LogP contribution in [0.15, 0.2) is 18.2 Å². The predicted octanol–water partition coefficient (Wildman–Crippen LogP) is 1.06. The van der Waals surface area contributed by atoms with Gasteiger partial charge in [-0.25, -0.2) is 4.98 Å². The minimum absolute atomic E-state index is 0.730. The van der Waals surface area contributed by atoms with Crippen molar-refractivity contribution in [3.05, 3.63) is 23.9 Å². The molecule has 0 radical (unpaired) electrons. The summed E-state index contributed by atoms with van der Waals surface area (Å²) in [5.74, 6) is 0.970. The Labute approximate surface area is 103 Å². The lowest BCUT2D eigenvalue weighted by Crippen LogP contribution is -2.45. The van der Waals surface area contributed by atoms with Crippen LogP contribution in [-0.2, 0) is 5.60 Å². The van der Waals surface area contributed by atoms with Crippen molar-refractivity contribution in [3.63, 3.8) is 0 Å². The van der Waals surface area contributed by atoms with Gasteiger partial charge in [0.2, 0.25) is 0 Å². The molecule has 1 aliphatic rings. The molecule has 0 unspecified atom stereocenters. The maximum absolute atomic E-state index is 9.96. The van der Waals surface area contributed by atoms with E-state index < -0.39 is 5.60 Å². The van der Waals surface area contributed by atoms with Crippen LogP contribution in [0.5, 0.6) is 0 Å². The van der Waals surface area contributed by atoms with Crippen LogP contribution >= 0.6 is 0 Å². The molecular weight excluding hydrogens is 214 g/mol. The molecule has 0 saturated carbocycles. The zero-order chi connectivity index (χ0) is 12.5. The van der Waals surface area contributed by atoms with Gasteiger partial charge in [-0.05, 0) is 33.0 Å². The second kappa shape index (κ2) is 4.63. The first-order chi connectivity index (χ1) is 7.97. The monoisotopic (exact) mass is 235 g/mol. The summed E-state index contributed by atoms with van der Waals surface area (Å²) < 4.78 is 0. The van der Waals surface area contributed by atoms with Crippen molar-refractivity contribution in [1.29, 1.82) is 0 Å². The second-order valence-corrected chi connectivity index (χ2v) is 5.23. The SMILES string of the molecule is CN1CCN(c2cccc(C(C)(C)O)n2)CC1. The van der Waals surface area contributed by atoms with Gasteiger partial charge in [0.25, 0.3) is 0 Å². The number of piperazine rings is 1. The number of nitrogens with zero attached hydrogens (tertiary/aromatic N) is 3. The molecule has 1 saturated heterocycles. The van der Waals surface area contributed by atoms with E-state index >= 15 is 0 Å². The van der Waals surface area contributed by atoms with E-state index in [1.807, 2.05) is 18.2 Å². The minimum Gasteiger partial charge on any atom is -0.384 e. The molecule has 2 rings (SSSR count). The molecule has 1 N–H and O–H groups in total. The molecule has 0 bridgehead atoms. The van der Waals surface area contributed by atoms with Crippen molar-refractivity contribution >= 4 is 5.82 Å². The van der Waals surface area contributed by atoms with Gasteiger partial charge in [-0.1, -0.05) is 6.07 Å². The Morgan fingerprint density at radius 3 is 2.41 bits per heavy atom. The smallest absolute Gasteiger partial charge is 0.129 e. The lowest BCUT2D eigenvalue weighted by Gasteiger charge is -2.33. The highest BCUT2D eigenvalue weighted by atomic mass is 16.3. The Hall–Kier alpha value is -1.13. The molecule has 4 heteroatoms. The summed E-state index contributed by atoms with van der Waals surface area (Å²) in [4.78, 5) is 9.14. The van der Waals surface area contributed by atoms with Crippen molar-refractivity contribution in [3.8, 4) is 0 Å². The van der Waals surface area contributed by atoms with E-state index in [1.165, 1.54) is 0 Å². The lowest BCUT2D eigenvalue weighted by atomic mass is 10.1. The van der Waals surface area contributed by atoms with E-state index in [0.717, 1.165) is 37.7 Å². The fourth-order valence-corrected chi connectivity index (χ4v) is 1.98. The average Bonchev–Trinajstić information content (AvgIpc) is 2.29. The van der Waals surface area contributed by atoms with Crippen LogP contribution in [0.3, 0.4) is 0 Å². The summed E-state index contributed by atoms with van der Waals surface area (Å²) >= 11 is 0. The molecule has 1 aromatic rings. The zero-order valence-corrected chi connectivity index (χ0v) is 10.8. The molecule has 4 nitrogen and oxygen atoms in total. The second-order valence-electron chi connectivity index (χ2n) is 5.23. The maximum Gasteiger partial charge on any atom is 0.129 e. The molecule has 1 aliphatic heterocycles. The predicted molar refractivity (Wildman–Crippen MR) is 69.2 cm³/mol. The summed E-state index contributed by atoms with van der Waals surface area (Å²) in [6, 6.07) is 5.86. The van der Waals surface area contributed by atoms with Gasteiger partial charge in [0, 0.05) is 26.2 Å². The van der Waals surface area contributed by atoms with E-state index in [2.05, 4.69) is 21.8 Å².